The molecule has 1 aliphatic rings. The van der Waals surface area contributed by atoms with Crippen molar-refractivity contribution in [2.75, 3.05) is 6.54 Å². The largest absolute Gasteiger partial charge is 0.329 e. The lowest BCUT2D eigenvalue weighted by Gasteiger charge is -2.20. The van der Waals surface area contributed by atoms with Crippen molar-refractivity contribution in [3.05, 3.63) is 94.3 Å². The predicted octanol–water partition coefficient (Wildman–Crippen LogP) is 3.76. The molecule has 188 valence electrons. The topological polar surface area (TPSA) is 118 Å². The average molecular weight is 524 g/mol. The van der Waals surface area contributed by atoms with Crippen molar-refractivity contribution < 1.29 is 14.4 Å². The summed E-state index contributed by atoms with van der Waals surface area (Å²) in [4.78, 5) is 46.7. The number of aromatic nitrogens is 2. The number of pyridine rings is 2. The number of hydrogen-bond acceptors (Lipinski definition) is 6. The molecule has 2 amide bonds. The zero-order chi connectivity index (χ0) is 26.6. The van der Waals surface area contributed by atoms with Crippen molar-refractivity contribution in [1.82, 2.24) is 20.3 Å². The number of rotatable bonds is 4. The Balaban J connectivity index is 1.37. The highest BCUT2D eigenvalue weighted by Gasteiger charge is 2.29. The molecule has 3 N–H and O–H groups in total. The van der Waals surface area contributed by atoms with E-state index in [1.54, 1.807) is 47.6 Å². The quantitative estimate of drug-likeness (QED) is 0.138. The van der Waals surface area contributed by atoms with Gasteiger partial charge in [-0.05, 0) is 55.3 Å². The van der Waals surface area contributed by atoms with Gasteiger partial charge in [-0.25, -0.2) is 10.8 Å². The molecule has 0 bridgehead atoms. The fourth-order valence-corrected chi connectivity index (χ4v) is 4.68. The number of carbonyl (C=O) groups is 3. The minimum Gasteiger partial charge on any atom is -0.329 e. The lowest BCUT2D eigenvalue weighted by molar-refractivity contribution is -0.111. The summed E-state index contributed by atoms with van der Waals surface area (Å²) in [5.74, 6) is 10.9. The second kappa shape index (κ2) is 10.8. The van der Waals surface area contributed by atoms with Crippen LogP contribution in [-0.4, -0.2) is 45.6 Å². The monoisotopic (exact) mass is 523 g/mol. The van der Waals surface area contributed by atoms with Crippen LogP contribution in [0.3, 0.4) is 0 Å². The summed E-state index contributed by atoms with van der Waals surface area (Å²) in [6, 6.07) is 15.4. The molecule has 0 spiro atoms. The average Bonchev–Trinajstić information content (AvgIpc) is 3.44. The fourth-order valence-electron chi connectivity index (χ4n) is 4.45. The van der Waals surface area contributed by atoms with Crippen LogP contribution in [0.2, 0.25) is 5.02 Å². The summed E-state index contributed by atoms with van der Waals surface area (Å²) in [5.41, 5.74) is 6.36. The molecule has 5 rings (SSSR count). The first-order valence-electron chi connectivity index (χ1n) is 11.9. The highest BCUT2D eigenvalue weighted by molar-refractivity contribution is 6.32. The Labute approximate surface area is 223 Å². The van der Waals surface area contributed by atoms with E-state index in [4.69, 9.17) is 17.4 Å². The number of carbonyl (C=O) groups excluding carboxylic acids is 3. The zero-order valence-electron chi connectivity index (χ0n) is 20.1. The fraction of sp³-hybridized carbons (Fsp3) is 0.138. The lowest BCUT2D eigenvalue weighted by Crippen LogP contribution is -2.36. The molecule has 9 heteroatoms. The number of hydrogen-bond donors (Lipinski definition) is 2. The summed E-state index contributed by atoms with van der Waals surface area (Å²) in [5, 5.41) is 0.970. The Morgan fingerprint density at radius 1 is 1.11 bits per heavy atom. The van der Waals surface area contributed by atoms with Crippen LogP contribution in [0.15, 0.2) is 67.0 Å². The minimum atomic E-state index is -0.428. The molecule has 0 radical (unpaired) electrons. The third-order valence-corrected chi connectivity index (χ3v) is 6.75. The normalized spacial score (nSPS) is 14.6. The van der Waals surface area contributed by atoms with Gasteiger partial charge in [-0.1, -0.05) is 35.6 Å². The van der Waals surface area contributed by atoms with E-state index in [0.717, 1.165) is 23.8 Å². The molecular formula is C29H22ClN5O3. The Bertz CT molecular complexity index is 1630. The summed E-state index contributed by atoms with van der Waals surface area (Å²) in [6.07, 6.45) is 5.51. The SMILES string of the molecule is NNC(=O)c1cc(-c2ccc(C#Cc3ccc(C(=O)N4CCCC4C=O)cc3Cl)cc2)nc2ccncc12. The van der Waals surface area contributed by atoms with Crippen molar-refractivity contribution in [3.8, 4) is 23.1 Å². The van der Waals surface area contributed by atoms with Gasteiger partial charge < -0.3 is 9.69 Å². The smallest absolute Gasteiger partial charge is 0.265 e. The highest BCUT2D eigenvalue weighted by atomic mass is 35.5. The Hall–Kier alpha value is -4.58. The first-order chi connectivity index (χ1) is 18.5. The van der Waals surface area contributed by atoms with Gasteiger partial charge in [0.25, 0.3) is 11.8 Å². The van der Waals surface area contributed by atoms with E-state index < -0.39 is 5.91 Å². The van der Waals surface area contributed by atoms with E-state index in [2.05, 4.69) is 27.2 Å². The molecule has 4 aromatic rings. The van der Waals surface area contributed by atoms with Crippen LogP contribution in [0.5, 0.6) is 0 Å². The molecule has 2 aromatic carbocycles. The van der Waals surface area contributed by atoms with Crippen molar-refractivity contribution in [2.24, 2.45) is 5.84 Å². The number of amides is 2. The van der Waals surface area contributed by atoms with Gasteiger partial charge in [0, 0.05) is 46.6 Å². The standard InChI is InChI=1S/C29H22ClN5O3/c30-25-14-21(29(38)35-13-1-2-22(35)17-36)10-9-19(25)6-3-18-4-7-20(8-5-18)27-15-23(28(37)34-31)24-16-32-12-11-26(24)33-27/h4-5,7-12,14-17,22H,1-2,13,31H2,(H,34,37). The molecule has 3 heterocycles. The van der Waals surface area contributed by atoms with Crippen molar-refractivity contribution in [2.45, 2.75) is 18.9 Å². The van der Waals surface area contributed by atoms with Crippen LogP contribution < -0.4 is 11.3 Å². The predicted molar refractivity (Wildman–Crippen MR) is 144 cm³/mol. The molecule has 2 aromatic heterocycles. The first-order valence-corrected chi connectivity index (χ1v) is 12.3. The highest BCUT2D eigenvalue weighted by Crippen LogP contribution is 2.25. The number of halogens is 1. The molecule has 1 fully saturated rings. The minimum absolute atomic E-state index is 0.206. The van der Waals surface area contributed by atoms with E-state index in [0.29, 0.717) is 51.3 Å². The third kappa shape index (κ3) is 4.98. The van der Waals surface area contributed by atoms with Crippen molar-refractivity contribution >= 4 is 40.6 Å². The van der Waals surface area contributed by atoms with Gasteiger partial charge >= 0.3 is 0 Å². The molecule has 8 nitrogen and oxygen atoms in total. The molecule has 1 saturated heterocycles. The van der Waals surface area contributed by atoms with Crippen molar-refractivity contribution in [3.63, 3.8) is 0 Å². The number of nitrogen functional groups attached to an aromatic ring is 1. The molecule has 0 aliphatic carbocycles. The maximum atomic E-state index is 12.8. The van der Waals surface area contributed by atoms with Gasteiger partial charge in [0.05, 0.1) is 27.8 Å². The number of benzene rings is 2. The zero-order valence-corrected chi connectivity index (χ0v) is 20.9. The maximum Gasteiger partial charge on any atom is 0.265 e. The maximum absolute atomic E-state index is 12.8. The van der Waals surface area contributed by atoms with E-state index in [1.807, 2.05) is 24.3 Å². The number of aldehydes is 1. The molecule has 1 aliphatic heterocycles. The Morgan fingerprint density at radius 2 is 1.92 bits per heavy atom. The number of fused-ring (bicyclic) bond motifs is 1. The van der Waals surface area contributed by atoms with Gasteiger partial charge in [0.2, 0.25) is 0 Å². The molecule has 38 heavy (non-hydrogen) atoms. The van der Waals surface area contributed by atoms with E-state index in [-0.39, 0.29) is 11.9 Å². The Kier molecular flexibility index (Phi) is 7.13. The van der Waals surface area contributed by atoms with Crippen LogP contribution in [0.1, 0.15) is 44.7 Å². The molecule has 1 unspecified atom stereocenters. The molecular weight excluding hydrogens is 502 g/mol. The number of nitrogens with one attached hydrogen (secondary N) is 1. The second-order valence-electron chi connectivity index (χ2n) is 8.79. The number of nitrogens with zero attached hydrogens (tertiary/aromatic N) is 3. The van der Waals surface area contributed by atoms with Crippen LogP contribution >= 0.6 is 11.6 Å². The van der Waals surface area contributed by atoms with Gasteiger partial charge in [0.1, 0.15) is 6.29 Å². The second-order valence-corrected chi connectivity index (χ2v) is 9.19. The Morgan fingerprint density at radius 3 is 2.66 bits per heavy atom. The lowest BCUT2D eigenvalue weighted by atomic mass is 10.0. The van der Waals surface area contributed by atoms with Crippen LogP contribution in [-0.2, 0) is 4.79 Å². The van der Waals surface area contributed by atoms with Crippen LogP contribution in [0.25, 0.3) is 22.2 Å². The summed E-state index contributed by atoms with van der Waals surface area (Å²) < 4.78 is 0. The van der Waals surface area contributed by atoms with E-state index in [1.165, 1.54) is 0 Å². The summed E-state index contributed by atoms with van der Waals surface area (Å²) >= 11 is 6.42. The van der Waals surface area contributed by atoms with Gasteiger partial charge in [-0.15, -0.1) is 0 Å². The van der Waals surface area contributed by atoms with E-state index >= 15 is 0 Å². The summed E-state index contributed by atoms with van der Waals surface area (Å²) in [7, 11) is 0. The first kappa shape index (κ1) is 25.1. The van der Waals surface area contributed by atoms with Crippen molar-refractivity contribution in [1.29, 1.82) is 0 Å². The van der Waals surface area contributed by atoms with E-state index in [9.17, 15) is 14.4 Å². The number of likely N-dealkylation sites (tertiary alicyclic amines) is 1. The van der Waals surface area contributed by atoms with Gasteiger partial charge in [-0.2, -0.15) is 0 Å². The number of nitrogens with two attached hydrogens (primary N) is 1. The molecule has 1 atom stereocenters. The van der Waals surface area contributed by atoms with Crippen LogP contribution in [0, 0.1) is 11.8 Å². The summed E-state index contributed by atoms with van der Waals surface area (Å²) in [6.45, 7) is 0.560. The van der Waals surface area contributed by atoms with Gasteiger partial charge in [0.15, 0.2) is 0 Å². The number of hydrazine groups is 1. The van der Waals surface area contributed by atoms with Crippen LogP contribution in [0.4, 0.5) is 0 Å². The molecule has 0 saturated carbocycles. The van der Waals surface area contributed by atoms with Gasteiger partial charge in [-0.3, -0.25) is 20.0 Å². The third-order valence-electron chi connectivity index (χ3n) is 6.44.